The Morgan fingerprint density at radius 1 is 1.35 bits per heavy atom. The third-order valence-electron chi connectivity index (χ3n) is 4.41. The van der Waals surface area contributed by atoms with Crippen LogP contribution in [0.2, 0.25) is 0 Å². The first-order valence-corrected chi connectivity index (χ1v) is 7.99. The van der Waals surface area contributed by atoms with Gasteiger partial charge in [-0.15, -0.1) is 0 Å². The number of aromatic nitrogens is 2. The van der Waals surface area contributed by atoms with Crippen LogP contribution in [0.4, 0.5) is 0 Å². The molecule has 4 heteroatoms. The third kappa shape index (κ3) is 3.48. The van der Waals surface area contributed by atoms with Crippen molar-refractivity contribution in [2.45, 2.75) is 71.4 Å². The van der Waals surface area contributed by atoms with Crippen LogP contribution in [0, 0.1) is 5.92 Å². The molecule has 2 rings (SSSR count). The summed E-state index contributed by atoms with van der Waals surface area (Å²) in [6.07, 6.45) is 6.86. The van der Waals surface area contributed by atoms with E-state index < -0.39 is 0 Å². The van der Waals surface area contributed by atoms with Gasteiger partial charge in [0.2, 0.25) is 0 Å². The fourth-order valence-corrected chi connectivity index (χ4v) is 3.15. The summed E-state index contributed by atoms with van der Waals surface area (Å²) in [7, 11) is 0. The molecule has 20 heavy (non-hydrogen) atoms. The Hall–Kier alpha value is -1.16. The first kappa shape index (κ1) is 15.2. The molecule has 1 aromatic rings. The van der Waals surface area contributed by atoms with Gasteiger partial charge in [-0.2, -0.15) is 5.10 Å². The monoisotopic (exact) mass is 277 g/mol. The first-order valence-electron chi connectivity index (χ1n) is 7.99. The van der Waals surface area contributed by atoms with Crippen molar-refractivity contribution in [2.24, 2.45) is 11.7 Å². The fraction of sp³-hybridized carbons (Fsp3) is 0.750. The summed E-state index contributed by atoms with van der Waals surface area (Å²) in [4.78, 5) is 12.6. The van der Waals surface area contributed by atoms with E-state index in [-0.39, 0.29) is 12.0 Å². The summed E-state index contributed by atoms with van der Waals surface area (Å²) >= 11 is 0. The summed E-state index contributed by atoms with van der Waals surface area (Å²) in [6.45, 7) is 4.98. The maximum atomic E-state index is 12.6. The van der Waals surface area contributed by atoms with E-state index in [9.17, 15) is 4.79 Å². The number of rotatable bonds is 5. The van der Waals surface area contributed by atoms with Crippen LogP contribution in [0.5, 0.6) is 0 Å². The predicted octanol–water partition coefficient (Wildman–Crippen LogP) is 2.48. The average Bonchev–Trinajstić information content (AvgIpc) is 2.71. The quantitative estimate of drug-likeness (QED) is 0.841. The summed E-state index contributed by atoms with van der Waals surface area (Å²) in [5, 5.41) is 4.52. The Kier molecular flexibility index (Phi) is 5.35. The van der Waals surface area contributed by atoms with E-state index in [0.717, 1.165) is 50.0 Å². The van der Waals surface area contributed by atoms with Gasteiger partial charge >= 0.3 is 0 Å². The van der Waals surface area contributed by atoms with Gasteiger partial charge in [0.05, 0.1) is 5.69 Å². The number of aryl methyl sites for hydroxylation is 2. The Labute approximate surface area is 121 Å². The number of carbonyl (C=O) groups is 1. The van der Waals surface area contributed by atoms with Crippen molar-refractivity contribution in [1.82, 2.24) is 9.78 Å². The summed E-state index contributed by atoms with van der Waals surface area (Å²) in [5.74, 6) is 0.347. The lowest BCUT2D eigenvalue weighted by Crippen LogP contribution is -2.35. The molecule has 0 aromatic carbocycles. The molecule has 1 saturated carbocycles. The number of Topliss-reactive ketones (excluding diaryl/α,β-unsaturated/α-hetero) is 1. The SMILES string of the molecule is CCc1cc(CC(=O)C2CCCCCC2N)n(CC)n1. The maximum absolute atomic E-state index is 12.6. The highest BCUT2D eigenvalue weighted by Gasteiger charge is 2.27. The molecular weight excluding hydrogens is 250 g/mol. The molecule has 1 aliphatic rings. The van der Waals surface area contributed by atoms with Crippen molar-refractivity contribution in [3.63, 3.8) is 0 Å². The third-order valence-corrected chi connectivity index (χ3v) is 4.41. The van der Waals surface area contributed by atoms with Crippen molar-refractivity contribution in [1.29, 1.82) is 0 Å². The second-order valence-corrected chi connectivity index (χ2v) is 5.85. The zero-order chi connectivity index (χ0) is 14.5. The van der Waals surface area contributed by atoms with Crippen LogP contribution in [0.25, 0.3) is 0 Å². The number of carbonyl (C=O) groups excluding carboxylic acids is 1. The van der Waals surface area contributed by atoms with Gasteiger partial charge in [-0.3, -0.25) is 9.48 Å². The van der Waals surface area contributed by atoms with E-state index in [1.165, 1.54) is 6.42 Å². The minimum atomic E-state index is 0.0442. The number of hydrogen-bond donors (Lipinski definition) is 1. The molecule has 112 valence electrons. The molecule has 0 aliphatic heterocycles. The van der Waals surface area contributed by atoms with Gasteiger partial charge in [0.15, 0.2) is 0 Å². The Balaban J connectivity index is 2.08. The van der Waals surface area contributed by atoms with Crippen molar-refractivity contribution < 1.29 is 4.79 Å². The molecule has 0 radical (unpaired) electrons. The van der Waals surface area contributed by atoms with Crippen LogP contribution in [-0.2, 0) is 24.2 Å². The van der Waals surface area contributed by atoms with Gasteiger partial charge in [0.1, 0.15) is 5.78 Å². The van der Waals surface area contributed by atoms with Crippen molar-refractivity contribution in [3.05, 3.63) is 17.5 Å². The van der Waals surface area contributed by atoms with Gasteiger partial charge < -0.3 is 5.73 Å². The van der Waals surface area contributed by atoms with Crippen LogP contribution in [0.1, 0.15) is 57.3 Å². The lowest BCUT2D eigenvalue weighted by Gasteiger charge is -2.20. The van der Waals surface area contributed by atoms with Gasteiger partial charge in [-0.1, -0.05) is 26.2 Å². The second-order valence-electron chi connectivity index (χ2n) is 5.85. The highest BCUT2D eigenvalue weighted by atomic mass is 16.1. The molecule has 2 atom stereocenters. The average molecular weight is 277 g/mol. The van der Waals surface area contributed by atoms with E-state index >= 15 is 0 Å². The number of nitrogens with two attached hydrogens (primary N) is 1. The molecule has 1 heterocycles. The van der Waals surface area contributed by atoms with Crippen LogP contribution >= 0.6 is 0 Å². The molecule has 0 amide bonds. The van der Waals surface area contributed by atoms with E-state index in [4.69, 9.17) is 5.73 Å². The van der Waals surface area contributed by atoms with Gasteiger partial charge in [0, 0.05) is 30.6 Å². The standard InChI is InChI=1S/C16H27N3O/c1-3-12-10-13(19(4-2)18-12)11-16(20)14-8-6-5-7-9-15(14)17/h10,14-15H,3-9,11,17H2,1-2H3. The second kappa shape index (κ2) is 7.02. The minimum absolute atomic E-state index is 0.0442. The summed E-state index contributed by atoms with van der Waals surface area (Å²) < 4.78 is 1.96. The predicted molar refractivity (Wildman–Crippen MR) is 80.5 cm³/mol. The highest BCUT2D eigenvalue weighted by molar-refractivity contribution is 5.83. The molecule has 1 aromatic heterocycles. The van der Waals surface area contributed by atoms with E-state index in [2.05, 4.69) is 25.0 Å². The number of ketones is 1. The Bertz CT molecular complexity index is 453. The highest BCUT2D eigenvalue weighted by Crippen LogP contribution is 2.24. The molecule has 4 nitrogen and oxygen atoms in total. The Morgan fingerprint density at radius 3 is 2.80 bits per heavy atom. The minimum Gasteiger partial charge on any atom is -0.327 e. The molecule has 0 saturated heterocycles. The topological polar surface area (TPSA) is 60.9 Å². The zero-order valence-electron chi connectivity index (χ0n) is 12.8. The lowest BCUT2D eigenvalue weighted by atomic mass is 9.89. The molecule has 2 N–H and O–H groups in total. The zero-order valence-corrected chi connectivity index (χ0v) is 12.8. The first-order chi connectivity index (χ1) is 9.65. The molecule has 0 bridgehead atoms. The molecule has 1 aliphatic carbocycles. The smallest absolute Gasteiger partial charge is 0.143 e. The largest absolute Gasteiger partial charge is 0.327 e. The number of hydrogen-bond acceptors (Lipinski definition) is 3. The van der Waals surface area contributed by atoms with Crippen LogP contribution in [0.15, 0.2) is 6.07 Å². The normalized spacial score (nSPS) is 23.6. The van der Waals surface area contributed by atoms with Crippen molar-refractivity contribution >= 4 is 5.78 Å². The molecule has 0 spiro atoms. The van der Waals surface area contributed by atoms with Crippen molar-refractivity contribution in [3.8, 4) is 0 Å². The van der Waals surface area contributed by atoms with Crippen LogP contribution in [-0.4, -0.2) is 21.6 Å². The lowest BCUT2D eigenvalue weighted by molar-refractivity contribution is -0.123. The summed E-state index contributed by atoms with van der Waals surface area (Å²) in [5.41, 5.74) is 8.31. The van der Waals surface area contributed by atoms with Crippen LogP contribution < -0.4 is 5.73 Å². The molecular formula is C16H27N3O. The number of nitrogens with zero attached hydrogens (tertiary/aromatic N) is 2. The van der Waals surface area contributed by atoms with Crippen molar-refractivity contribution in [2.75, 3.05) is 0 Å². The molecule has 2 unspecified atom stereocenters. The van der Waals surface area contributed by atoms with Crippen LogP contribution in [0.3, 0.4) is 0 Å². The molecule has 1 fully saturated rings. The van der Waals surface area contributed by atoms with E-state index in [1.807, 2.05) is 4.68 Å². The van der Waals surface area contributed by atoms with Gasteiger partial charge in [0.25, 0.3) is 0 Å². The van der Waals surface area contributed by atoms with Gasteiger partial charge in [-0.05, 0) is 32.3 Å². The Morgan fingerprint density at radius 2 is 2.10 bits per heavy atom. The van der Waals surface area contributed by atoms with E-state index in [0.29, 0.717) is 12.2 Å². The maximum Gasteiger partial charge on any atom is 0.143 e. The summed E-state index contributed by atoms with van der Waals surface area (Å²) in [6, 6.07) is 2.12. The van der Waals surface area contributed by atoms with Gasteiger partial charge in [-0.25, -0.2) is 0 Å². The fourth-order valence-electron chi connectivity index (χ4n) is 3.15. The van der Waals surface area contributed by atoms with E-state index in [1.54, 1.807) is 0 Å².